The number of fused-ring (bicyclic) bond motifs is 3. The lowest BCUT2D eigenvalue weighted by Gasteiger charge is -2.16. The monoisotopic (exact) mass is 334 g/mol. The Kier molecular flexibility index (Phi) is 4.29. The van der Waals surface area contributed by atoms with Crippen molar-refractivity contribution in [2.24, 2.45) is 0 Å². The second-order valence-corrected chi connectivity index (χ2v) is 6.57. The lowest BCUT2D eigenvalue weighted by atomic mass is 10.1. The molecular weight excluding hydrogens is 312 g/mol. The molecule has 5 heteroatoms. The van der Waals surface area contributed by atoms with E-state index in [2.05, 4.69) is 28.8 Å². The Balaban J connectivity index is 1.87. The fraction of sp³-hybridized carbons (Fsp3) is 0.400. The van der Waals surface area contributed by atoms with Crippen LogP contribution in [0.3, 0.4) is 0 Å². The van der Waals surface area contributed by atoms with E-state index in [1.165, 1.54) is 0 Å². The molecule has 0 bridgehead atoms. The van der Waals surface area contributed by atoms with Crippen LogP contribution in [0.5, 0.6) is 0 Å². The minimum Gasteiger partial charge on any atom is -0.376 e. The van der Waals surface area contributed by atoms with Crippen LogP contribution in [0.4, 0.5) is 5.82 Å². The Bertz CT molecular complexity index is 948. The normalized spacial score (nSPS) is 17.2. The molecular formula is C20H22N4O. The van der Waals surface area contributed by atoms with Crippen LogP contribution in [0.25, 0.3) is 16.7 Å². The predicted molar refractivity (Wildman–Crippen MR) is 98.9 cm³/mol. The Morgan fingerprint density at radius 1 is 1.40 bits per heavy atom. The second kappa shape index (κ2) is 6.73. The zero-order chi connectivity index (χ0) is 17.2. The molecule has 1 aliphatic heterocycles. The maximum atomic E-state index is 9.72. The number of imidazole rings is 1. The summed E-state index contributed by atoms with van der Waals surface area (Å²) < 4.78 is 7.81. The van der Waals surface area contributed by atoms with Crippen LogP contribution in [0.15, 0.2) is 30.3 Å². The Labute approximate surface area is 147 Å². The van der Waals surface area contributed by atoms with Crippen molar-refractivity contribution in [3.8, 4) is 6.07 Å². The summed E-state index contributed by atoms with van der Waals surface area (Å²) in [4.78, 5) is 4.74. The number of ether oxygens (including phenoxy) is 1. The van der Waals surface area contributed by atoms with E-state index in [9.17, 15) is 5.26 Å². The lowest BCUT2D eigenvalue weighted by Crippen LogP contribution is -2.20. The summed E-state index contributed by atoms with van der Waals surface area (Å²) in [6, 6.07) is 12.5. The number of para-hydroxylation sites is 2. The van der Waals surface area contributed by atoms with Gasteiger partial charge in [0.1, 0.15) is 11.9 Å². The van der Waals surface area contributed by atoms with Gasteiger partial charge in [-0.25, -0.2) is 4.98 Å². The van der Waals surface area contributed by atoms with Gasteiger partial charge in [0.25, 0.3) is 0 Å². The third kappa shape index (κ3) is 2.83. The molecule has 0 saturated carbocycles. The van der Waals surface area contributed by atoms with Crippen molar-refractivity contribution in [1.29, 1.82) is 5.26 Å². The molecule has 1 saturated heterocycles. The highest BCUT2D eigenvalue weighted by molar-refractivity contribution is 5.85. The van der Waals surface area contributed by atoms with Crippen molar-refractivity contribution in [3.63, 3.8) is 0 Å². The third-order valence-electron chi connectivity index (χ3n) is 4.82. The number of hydrogen-bond donors (Lipinski definition) is 1. The standard InChI is InChI=1S/C20H22N4O/c1-2-6-14-11-19(22-13-15-7-5-10-25-15)24-18-9-4-3-8-17(18)23-20(24)16(14)12-21/h3-4,8-9,11,15,22H,2,5-7,10,13H2,1H3/t15-/m1/s1. The minimum atomic E-state index is 0.259. The van der Waals surface area contributed by atoms with Gasteiger partial charge in [0, 0.05) is 13.2 Å². The molecule has 3 heterocycles. The summed E-state index contributed by atoms with van der Waals surface area (Å²) in [7, 11) is 0. The van der Waals surface area contributed by atoms with Crippen LogP contribution in [-0.4, -0.2) is 28.6 Å². The highest BCUT2D eigenvalue weighted by Gasteiger charge is 2.19. The number of nitrogens with zero attached hydrogens (tertiary/aromatic N) is 3. The molecule has 4 rings (SSSR count). The molecule has 0 amide bonds. The van der Waals surface area contributed by atoms with Gasteiger partial charge >= 0.3 is 0 Å². The first kappa shape index (κ1) is 15.9. The molecule has 2 aromatic heterocycles. The number of benzene rings is 1. The maximum Gasteiger partial charge on any atom is 0.157 e. The van der Waals surface area contributed by atoms with Crippen molar-refractivity contribution in [2.45, 2.75) is 38.7 Å². The molecule has 1 atom stereocenters. The van der Waals surface area contributed by atoms with Gasteiger partial charge in [-0.05, 0) is 43.0 Å². The van der Waals surface area contributed by atoms with Crippen molar-refractivity contribution in [3.05, 3.63) is 41.5 Å². The van der Waals surface area contributed by atoms with E-state index in [-0.39, 0.29) is 6.10 Å². The van der Waals surface area contributed by atoms with Gasteiger partial charge in [0.05, 0.1) is 22.7 Å². The first-order valence-corrected chi connectivity index (χ1v) is 9.00. The van der Waals surface area contributed by atoms with Gasteiger partial charge in [0.15, 0.2) is 5.65 Å². The average molecular weight is 334 g/mol. The molecule has 25 heavy (non-hydrogen) atoms. The molecule has 0 radical (unpaired) electrons. The molecule has 3 aromatic rings. The van der Waals surface area contributed by atoms with Crippen LogP contribution in [0.2, 0.25) is 0 Å². The number of aryl methyl sites for hydroxylation is 1. The first-order valence-electron chi connectivity index (χ1n) is 9.00. The largest absolute Gasteiger partial charge is 0.376 e. The molecule has 1 aliphatic rings. The quantitative estimate of drug-likeness (QED) is 0.768. The van der Waals surface area contributed by atoms with E-state index in [1.807, 2.05) is 24.3 Å². The summed E-state index contributed by atoms with van der Waals surface area (Å²) >= 11 is 0. The van der Waals surface area contributed by atoms with Gasteiger partial charge in [-0.1, -0.05) is 25.5 Å². The minimum absolute atomic E-state index is 0.259. The summed E-state index contributed by atoms with van der Waals surface area (Å²) in [6.45, 7) is 3.76. The van der Waals surface area contributed by atoms with Crippen molar-refractivity contribution in [2.75, 3.05) is 18.5 Å². The zero-order valence-electron chi connectivity index (χ0n) is 14.5. The first-order chi connectivity index (χ1) is 12.3. The third-order valence-corrected chi connectivity index (χ3v) is 4.82. The average Bonchev–Trinajstić information content (AvgIpc) is 3.27. The molecule has 0 spiro atoms. The summed E-state index contributed by atoms with van der Waals surface area (Å²) in [5.74, 6) is 0.988. The number of nitrogens with one attached hydrogen (secondary N) is 1. The van der Waals surface area contributed by atoms with Crippen molar-refractivity contribution >= 4 is 22.5 Å². The lowest BCUT2D eigenvalue weighted by molar-refractivity contribution is 0.120. The zero-order valence-corrected chi connectivity index (χ0v) is 14.5. The Morgan fingerprint density at radius 2 is 2.28 bits per heavy atom. The van der Waals surface area contributed by atoms with Gasteiger partial charge in [0.2, 0.25) is 0 Å². The van der Waals surface area contributed by atoms with E-state index < -0.39 is 0 Å². The van der Waals surface area contributed by atoms with Gasteiger partial charge in [-0.2, -0.15) is 5.26 Å². The SMILES string of the molecule is CCCc1cc(NC[C@H]2CCCO2)n2c(nc3ccccc32)c1C#N. The Hall–Kier alpha value is -2.58. The number of pyridine rings is 1. The summed E-state index contributed by atoms with van der Waals surface area (Å²) in [5, 5.41) is 13.3. The Morgan fingerprint density at radius 3 is 3.04 bits per heavy atom. The number of hydrogen-bond acceptors (Lipinski definition) is 4. The van der Waals surface area contributed by atoms with E-state index >= 15 is 0 Å². The van der Waals surface area contributed by atoms with Gasteiger partial charge in [-0.3, -0.25) is 4.40 Å². The molecule has 1 aromatic carbocycles. The summed E-state index contributed by atoms with van der Waals surface area (Å²) in [5.41, 5.74) is 4.41. The fourth-order valence-corrected chi connectivity index (χ4v) is 3.63. The van der Waals surface area contributed by atoms with E-state index in [0.717, 1.165) is 66.9 Å². The van der Waals surface area contributed by atoms with Crippen LogP contribution >= 0.6 is 0 Å². The number of rotatable bonds is 5. The van der Waals surface area contributed by atoms with Crippen LogP contribution in [-0.2, 0) is 11.2 Å². The molecule has 128 valence electrons. The van der Waals surface area contributed by atoms with Crippen LogP contribution in [0, 0.1) is 11.3 Å². The van der Waals surface area contributed by atoms with E-state index in [0.29, 0.717) is 5.56 Å². The molecule has 1 N–H and O–H groups in total. The second-order valence-electron chi connectivity index (χ2n) is 6.57. The molecule has 0 unspecified atom stereocenters. The van der Waals surface area contributed by atoms with Crippen molar-refractivity contribution < 1.29 is 4.74 Å². The topological polar surface area (TPSA) is 62.4 Å². The number of aromatic nitrogens is 2. The molecule has 5 nitrogen and oxygen atoms in total. The fourth-order valence-electron chi connectivity index (χ4n) is 3.63. The highest BCUT2D eigenvalue weighted by atomic mass is 16.5. The van der Waals surface area contributed by atoms with Crippen LogP contribution in [0.1, 0.15) is 37.3 Å². The molecule has 0 aliphatic carbocycles. The molecule has 1 fully saturated rings. The van der Waals surface area contributed by atoms with Gasteiger partial charge in [-0.15, -0.1) is 0 Å². The van der Waals surface area contributed by atoms with E-state index in [4.69, 9.17) is 9.72 Å². The highest BCUT2D eigenvalue weighted by Crippen LogP contribution is 2.28. The van der Waals surface area contributed by atoms with Gasteiger partial charge < -0.3 is 10.1 Å². The predicted octanol–water partition coefficient (Wildman–Crippen LogP) is 3.90. The number of nitriles is 1. The number of anilines is 1. The van der Waals surface area contributed by atoms with E-state index in [1.54, 1.807) is 0 Å². The smallest absolute Gasteiger partial charge is 0.157 e. The van der Waals surface area contributed by atoms with Crippen molar-refractivity contribution in [1.82, 2.24) is 9.38 Å². The van der Waals surface area contributed by atoms with Crippen LogP contribution < -0.4 is 5.32 Å². The summed E-state index contributed by atoms with van der Waals surface area (Å²) in [6.07, 6.45) is 4.35. The maximum absolute atomic E-state index is 9.72.